The summed E-state index contributed by atoms with van der Waals surface area (Å²) in [6, 6.07) is 0. The number of hydrogen-bond acceptors (Lipinski definition) is 3. The van der Waals surface area contributed by atoms with Crippen LogP contribution in [0.4, 0.5) is 0 Å². The fourth-order valence-electron chi connectivity index (χ4n) is 0.426. The van der Waals surface area contributed by atoms with Gasteiger partial charge in [-0.05, 0) is 6.92 Å². The zero-order valence-corrected chi connectivity index (χ0v) is 6.70. The first-order valence-electron chi connectivity index (χ1n) is 2.73. The molecule has 3 heteroatoms. The normalized spacial score (nSPS) is 12.8. The zero-order valence-electron chi connectivity index (χ0n) is 5.88. The highest BCUT2D eigenvalue weighted by Crippen LogP contribution is 2.13. The number of ether oxygens (including phenoxy) is 1. The summed E-state index contributed by atoms with van der Waals surface area (Å²) in [5, 5.41) is -0.0694. The van der Waals surface area contributed by atoms with Crippen LogP contribution in [0.3, 0.4) is 0 Å². The SMILES string of the molecule is C[CH]SC(C)C(=O)OC. The molecule has 0 spiro atoms. The molecule has 0 bridgehead atoms. The molecule has 0 amide bonds. The number of rotatable bonds is 3. The maximum absolute atomic E-state index is 10.6. The molecular formula is C6H11O2S. The van der Waals surface area contributed by atoms with Gasteiger partial charge in [0.25, 0.3) is 0 Å². The second-order valence-corrected chi connectivity index (χ2v) is 2.99. The van der Waals surface area contributed by atoms with Crippen molar-refractivity contribution in [2.75, 3.05) is 7.11 Å². The van der Waals surface area contributed by atoms with Crippen molar-refractivity contribution in [3.8, 4) is 0 Å². The maximum Gasteiger partial charge on any atom is 0.318 e. The van der Waals surface area contributed by atoms with Crippen molar-refractivity contribution in [3.05, 3.63) is 5.75 Å². The summed E-state index contributed by atoms with van der Waals surface area (Å²) < 4.78 is 4.48. The van der Waals surface area contributed by atoms with Crippen LogP contribution in [-0.2, 0) is 9.53 Å². The van der Waals surface area contributed by atoms with Crippen molar-refractivity contribution in [3.63, 3.8) is 0 Å². The van der Waals surface area contributed by atoms with Gasteiger partial charge in [-0.25, -0.2) is 0 Å². The lowest BCUT2D eigenvalue weighted by Gasteiger charge is -2.04. The number of thioether (sulfide) groups is 1. The molecule has 2 nitrogen and oxygen atoms in total. The van der Waals surface area contributed by atoms with Gasteiger partial charge >= 0.3 is 5.97 Å². The molecule has 0 rings (SSSR count). The molecule has 0 N–H and O–H groups in total. The third-order valence-corrected chi connectivity index (χ3v) is 1.75. The predicted molar refractivity (Wildman–Crippen MR) is 39.0 cm³/mol. The van der Waals surface area contributed by atoms with Crippen LogP contribution in [0.15, 0.2) is 0 Å². The van der Waals surface area contributed by atoms with Crippen LogP contribution in [0.1, 0.15) is 13.8 Å². The van der Waals surface area contributed by atoms with Crippen molar-refractivity contribution in [2.45, 2.75) is 19.1 Å². The molecule has 9 heavy (non-hydrogen) atoms. The van der Waals surface area contributed by atoms with Crippen molar-refractivity contribution in [1.29, 1.82) is 0 Å². The van der Waals surface area contributed by atoms with E-state index in [9.17, 15) is 4.79 Å². The third-order valence-electron chi connectivity index (χ3n) is 0.873. The Labute approximate surface area is 60.0 Å². The number of esters is 1. The van der Waals surface area contributed by atoms with E-state index in [4.69, 9.17) is 0 Å². The van der Waals surface area contributed by atoms with Crippen LogP contribution < -0.4 is 0 Å². The van der Waals surface area contributed by atoms with Crippen molar-refractivity contribution in [2.24, 2.45) is 0 Å². The molecule has 1 unspecified atom stereocenters. The largest absolute Gasteiger partial charge is 0.468 e. The summed E-state index contributed by atoms with van der Waals surface area (Å²) in [7, 11) is 1.40. The molecule has 0 fully saturated rings. The average Bonchev–Trinajstić information content (AvgIpc) is 1.87. The van der Waals surface area contributed by atoms with Gasteiger partial charge in [-0.15, -0.1) is 11.8 Å². The molecule has 0 aliphatic heterocycles. The standard InChI is InChI=1S/C6H11O2S/c1-4-9-5(2)6(7)8-3/h4-5H,1-3H3. The minimum atomic E-state index is -0.168. The Morgan fingerprint density at radius 1 is 1.78 bits per heavy atom. The number of carbonyl (C=O) groups is 1. The molecular weight excluding hydrogens is 136 g/mol. The first-order chi connectivity index (χ1) is 4.22. The lowest BCUT2D eigenvalue weighted by Crippen LogP contribution is -2.13. The Hall–Kier alpha value is -0.180. The molecule has 0 aromatic carbocycles. The van der Waals surface area contributed by atoms with Gasteiger partial charge in [0.1, 0.15) is 0 Å². The van der Waals surface area contributed by atoms with E-state index in [1.54, 1.807) is 0 Å². The molecule has 0 aliphatic rings. The number of carbonyl (C=O) groups excluding carboxylic acids is 1. The van der Waals surface area contributed by atoms with Crippen molar-refractivity contribution in [1.82, 2.24) is 0 Å². The molecule has 0 aromatic heterocycles. The van der Waals surface area contributed by atoms with Crippen molar-refractivity contribution < 1.29 is 9.53 Å². The first kappa shape index (κ1) is 8.82. The minimum absolute atomic E-state index is 0.0694. The van der Waals surface area contributed by atoms with E-state index < -0.39 is 0 Å². The summed E-state index contributed by atoms with van der Waals surface area (Å²) in [5.41, 5.74) is 0. The Balaban J connectivity index is 3.45. The topological polar surface area (TPSA) is 26.3 Å². The smallest absolute Gasteiger partial charge is 0.318 e. The van der Waals surface area contributed by atoms with Crippen molar-refractivity contribution >= 4 is 17.7 Å². The number of methoxy groups -OCH3 is 1. The highest BCUT2D eigenvalue weighted by Gasteiger charge is 2.10. The van der Waals surface area contributed by atoms with Crippen LogP contribution in [0.2, 0.25) is 0 Å². The third kappa shape index (κ3) is 3.40. The average molecular weight is 147 g/mol. The molecule has 0 saturated heterocycles. The van der Waals surface area contributed by atoms with Gasteiger partial charge in [0, 0.05) is 5.75 Å². The lowest BCUT2D eigenvalue weighted by atomic mass is 10.5. The van der Waals surface area contributed by atoms with Crippen LogP contribution in [0.5, 0.6) is 0 Å². The van der Waals surface area contributed by atoms with Crippen LogP contribution >= 0.6 is 11.8 Å². The van der Waals surface area contributed by atoms with E-state index in [0.29, 0.717) is 0 Å². The summed E-state index contributed by atoms with van der Waals surface area (Å²) in [6.07, 6.45) is 0. The Morgan fingerprint density at radius 3 is 2.67 bits per heavy atom. The zero-order chi connectivity index (χ0) is 7.28. The molecule has 1 radical (unpaired) electrons. The van der Waals surface area contributed by atoms with Crippen LogP contribution in [0, 0.1) is 5.75 Å². The lowest BCUT2D eigenvalue weighted by molar-refractivity contribution is -0.139. The summed E-state index contributed by atoms with van der Waals surface area (Å²) in [6.45, 7) is 3.71. The van der Waals surface area contributed by atoms with E-state index in [2.05, 4.69) is 4.74 Å². The van der Waals surface area contributed by atoms with Gasteiger partial charge in [-0.3, -0.25) is 4.79 Å². The Kier molecular flexibility index (Phi) is 4.58. The first-order valence-corrected chi connectivity index (χ1v) is 3.67. The molecule has 0 saturated carbocycles. The molecule has 53 valence electrons. The Morgan fingerprint density at radius 2 is 2.33 bits per heavy atom. The Bertz CT molecular complexity index is 93.1. The predicted octanol–water partition coefficient (Wildman–Crippen LogP) is 1.46. The summed E-state index contributed by atoms with van der Waals surface area (Å²) in [5.74, 6) is 1.71. The van der Waals surface area contributed by atoms with Gasteiger partial charge < -0.3 is 4.74 Å². The van der Waals surface area contributed by atoms with Gasteiger partial charge in [0.15, 0.2) is 0 Å². The molecule has 0 heterocycles. The monoisotopic (exact) mass is 147 g/mol. The second kappa shape index (κ2) is 4.68. The van der Waals surface area contributed by atoms with E-state index in [-0.39, 0.29) is 11.2 Å². The summed E-state index contributed by atoms with van der Waals surface area (Å²) >= 11 is 1.46. The van der Waals surface area contributed by atoms with E-state index in [0.717, 1.165) is 0 Å². The minimum Gasteiger partial charge on any atom is -0.468 e. The fourth-order valence-corrected chi connectivity index (χ4v) is 1.04. The quantitative estimate of drug-likeness (QED) is 0.565. The van der Waals surface area contributed by atoms with Gasteiger partial charge in [-0.1, -0.05) is 6.92 Å². The van der Waals surface area contributed by atoms with Gasteiger partial charge in [0.05, 0.1) is 12.4 Å². The van der Waals surface area contributed by atoms with Gasteiger partial charge in [0.2, 0.25) is 0 Å². The summed E-state index contributed by atoms with van der Waals surface area (Å²) in [4.78, 5) is 10.6. The van der Waals surface area contributed by atoms with Gasteiger partial charge in [-0.2, -0.15) is 0 Å². The van der Waals surface area contributed by atoms with Crippen LogP contribution in [-0.4, -0.2) is 18.3 Å². The van der Waals surface area contributed by atoms with Crippen LogP contribution in [0.25, 0.3) is 0 Å². The molecule has 1 atom stereocenters. The fraction of sp³-hybridized carbons (Fsp3) is 0.667. The number of hydrogen-bond donors (Lipinski definition) is 0. The molecule has 0 aliphatic carbocycles. The maximum atomic E-state index is 10.6. The van der Waals surface area contributed by atoms with E-state index >= 15 is 0 Å². The highest BCUT2D eigenvalue weighted by atomic mass is 32.2. The highest BCUT2D eigenvalue weighted by molar-refractivity contribution is 8.02. The molecule has 0 aromatic rings. The second-order valence-electron chi connectivity index (χ2n) is 1.54. The van der Waals surface area contributed by atoms with E-state index in [1.165, 1.54) is 18.9 Å². The van der Waals surface area contributed by atoms with E-state index in [1.807, 2.05) is 19.6 Å².